The highest BCUT2D eigenvalue weighted by Crippen LogP contribution is 2.20. The summed E-state index contributed by atoms with van der Waals surface area (Å²) in [5, 5.41) is 3.20. The van der Waals surface area contributed by atoms with Crippen molar-refractivity contribution >= 4 is 5.91 Å². The van der Waals surface area contributed by atoms with Crippen LogP contribution in [-0.2, 0) is 4.79 Å². The van der Waals surface area contributed by atoms with Crippen LogP contribution in [0.4, 0.5) is 0 Å². The maximum atomic E-state index is 12.0. The van der Waals surface area contributed by atoms with E-state index in [1.54, 1.807) is 0 Å². The first kappa shape index (κ1) is 10.9. The van der Waals surface area contributed by atoms with Gasteiger partial charge in [0.2, 0.25) is 5.91 Å². The van der Waals surface area contributed by atoms with Crippen molar-refractivity contribution in [3.8, 4) is 0 Å². The lowest BCUT2D eigenvalue weighted by Gasteiger charge is -2.29. The Morgan fingerprint density at radius 3 is 2.60 bits per heavy atom. The van der Waals surface area contributed by atoms with Crippen LogP contribution in [0, 0.1) is 5.92 Å². The molecule has 2 aliphatic rings. The molecule has 3 nitrogen and oxygen atoms in total. The van der Waals surface area contributed by atoms with Crippen LogP contribution in [0.15, 0.2) is 0 Å². The number of nitrogens with zero attached hydrogens (tertiary/aromatic N) is 1. The fraction of sp³-hybridized carbons (Fsp3) is 0.917. The van der Waals surface area contributed by atoms with Gasteiger partial charge in [-0.2, -0.15) is 0 Å². The minimum atomic E-state index is 0.240. The third-order valence-corrected chi connectivity index (χ3v) is 3.70. The standard InChI is InChI=1S/C12H22N2O/c1-14-8-4-5-10(9-14)12(15)13-11-6-2-3-7-11/h10-11H,2-9H2,1H3,(H,13,15). The molecule has 86 valence electrons. The van der Waals surface area contributed by atoms with Gasteiger partial charge in [0.1, 0.15) is 0 Å². The van der Waals surface area contributed by atoms with Gasteiger partial charge >= 0.3 is 0 Å². The number of hydrogen-bond acceptors (Lipinski definition) is 2. The maximum absolute atomic E-state index is 12.0. The minimum Gasteiger partial charge on any atom is -0.353 e. The predicted octanol–water partition coefficient (Wildman–Crippen LogP) is 1.39. The summed E-state index contributed by atoms with van der Waals surface area (Å²) < 4.78 is 0. The van der Waals surface area contributed by atoms with Crippen LogP contribution in [-0.4, -0.2) is 37.0 Å². The third-order valence-electron chi connectivity index (χ3n) is 3.70. The normalized spacial score (nSPS) is 29.3. The zero-order chi connectivity index (χ0) is 10.7. The van der Waals surface area contributed by atoms with E-state index >= 15 is 0 Å². The first-order chi connectivity index (χ1) is 7.25. The summed E-state index contributed by atoms with van der Waals surface area (Å²) in [6.07, 6.45) is 7.19. The first-order valence-corrected chi connectivity index (χ1v) is 6.24. The van der Waals surface area contributed by atoms with Crippen molar-refractivity contribution in [1.29, 1.82) is 0 Å². The van der Waals surface area contributed by atoms with Gasteiger partial charge in [-0.15, -0.1) is 0 Å². The molecule has 2 rings (SSSR count). The molecule has 0 aromatic heterocycles. The molecule has 1 saturated carbocycles. The third kappa shape index (κ3) is 2.94. The molecule has 1 aliphatic carbocycles. The Balaban J connectivity index is 1.78. The lowest BCUT2D eigenvalue weighted by molar-refractivity contribution is -0.127. The summed E-state index contributed by atoms with van der Waals surface area (Å²) in [6.45, 7) is 2.09. The fourth-order valence-electron chi connectivity index (χ4n) is 2.77. The summed E-state index contributed by atoms with van der Waals surface area (Å²) in [6, 6.07) is 0.477. The van der Waals surface area contributed by atoms with E-state index in [4.69, 9.17) is 0 Å². The van der Waals surface area contributed by atoms with Gasteiger partial charge in [-0.3, -0.25) is 4.79 Å². The number of nitrogens with one attached hydrogen (secondary N) is 1. The molecule has 0 aromatic carbocycles. The second-order valence-electron chi connectivity index (χ2n) is 5.09. The van der Waals surface area contributed by atoms with E-state index in [0.29, 0.717) is 11.9 Å². The highest BCUT2D eigenvalue weighted by Gasteiger charge is 2.26. The van der Waals surface area contributed by atoms with E-state index in [9.17, 15) is 4.79 Å². The molecule has 0 radical (unpaired) electrons. The SMILES string of the molecule is CN1CCCC(C(=O)NC2CCCC2)C1. The van der Waals surface area contributed by atoms with Crippen LogP contribution in [0.3, 0.4) is 0 Å². The molecule has 15 heavy (non-hydrogen) atoms. The molecule has 1 amide bonds. The topological polar surface area (TPSA) is 32.3 Å². The summed E-state index contributed by atoms with van der Waals surface area (Å²) in [7, 11) is 2.11. The van der Waals surface area contributed by atoms with Crippen LogP contribution in [0.25, 0.3) is 0 Å². The molecule has 1 aliphatic heterocycles. The molecule has 1 atom stereocenters. The van der Waals surface area contributed by atoms with E-state index in [2.05, 4.69) is 17.3 Å². The molecule has 1 heterocycles. The summed E-state index contributed by atoms with van der Waals surface area (Å²) in [4.78, 5) is 14.2. The molecular formula is C12H22N2O. The molecule has 1 unspecified atom stereocenters. The van der Waals surface area contributed by atoms with Gasteiger partial charge in [0, 0.05) is 12.6 Å². The van der Waals surface area contributed by atoms with Crippen molar-refractivity contribution in [2.24, 2.45) is 5.92 Å². The zero-order valence-corrected chi connectivity index (χ0v) is 9.67. The number of hydrogen-bond donors (Lipinski definition) is 1. The molecule has 0 aromatic rings. The second kappa shape index (κ2) is 4.97. The molecule has 1 N–H and O–H groups in total. The maximum Gasteiger partial charge on any atom is 0.224 e. The van der Waals surface area contributed by atoms with Gasteiger partial charge in [-0.1, -0.05) is 12.8 Å². The van der Waals surface area contributed by atoms with Crippen LogP contribution < -0.4 is 5.32 Å². The van der Waals surface area contributed by atoms with E-state index in [1.807, 2.05) is 0 Å². The van der Waals surface area contributed by atoms with Crippen molar-refractivity contribution in [2.45, 2.75) is 44.6 Å². The van der Waals surface area contributed by atoms with Crippen LogP contribution in [0.5, 0.6) is 0 Å². The Morgan fingerprint density at radius 1 is 1.20 bits per heavy atom. The Labute approximate surface area is 92.2 Å². The first-order valence-electron chi connectivity index (χ1n) is 6.24. The van der Waals surface area contributed by atoms with E-state index in [0.717, 1.165) is 19.5 Å². The van der Waals surface area contributed by atoms with Crippen molar-refractivity contribution < 1.29 is 4.79 Å². The quantitative estimate of drug-likeness (QED) is 0.747. The molecule has 0 spiro atoms. The fourth-order valence-corrected chi connectivity index (χ4v) is 2.77. The molecular weight excluding hydrogens is 188 g/mol. The van der Waals surface area contributed by atoms with Gasteiger partial charge in [0.15, 0.2) is 0 Å². The largest absolute Gasteiger partial charge is 0.353 e. The van der Waals surface area contributed by atoms with Gasteiger partial charge in [0.05, 0.1) is 5.92 Å². The Kier molecular flexibility index (Phi) is 3.62. The van der Waals surface area contributed by atoms with E-state index in [-0.39, 0.29) is 5.92 Å². The van der Waals surface area contributed by atoms with Crippen LogP contribution in [0.2, 0.25) is 0 Å². The number of amides is 1. The summed E-state index contributed by atoms with van der Waals surface area (Å²) >= 11 is 0. The molecule has 1 saturated heterocycles. The second-order valence-corrected chi connectivity index (χ2v) is 5.09. The highest BCUT2D eigenvalue weighted by atomic mass is 16.2. The Bertz CT molecular complexity index is 224. The zero-order valence-electron chi connectivity index (χ0n) is 9.67. The van der Waals surface area contributed by atoms with E-state index < -0.39 is 0 Å². The lowest BCUT2D eigenvalue weighted by Crippen LogP contribution is -2.44. The van der Waals surface area contributed by atoms with Crippen molar-refractivity contribution in [1.82, 2.24) is 10.2 Å². The number of carbonyl (C=O) groups excluding carboxylic acids is 1. The summed E-state index contributed by atoms with van der Waals surface area (Å²) in [5.74, 6) is 0.540. The van der Waals surface area contributed by atoms with Crippen molar-refractivity contribution in [2.75, 3.05) is 20.1 Å². The van der Waals surface area contributed by atoms with E-state index in [1.165, 1.54) is 32.1 Å². The van der Waals surface area contributed by atoms with Gasteiger partial charge in [-0.05, 0) is 39.3 Å². The van der Waals surface area contributed by atoms with Crippen LogP contribution >= 0.6 is 0 Å². The Morgan fingerprint density at radius 2 is 1.93 bits per heavy atom. The number of rotatable bonds is 2. The van der Waals surface area contributed by atoms with Crippen LogP contribution in [0.1, 0.15) is 38.5 Å². The van der Waals surface area contributed by atoms with Gasteiger partial charge < -0.3 is 10.2 Å². The number of likely N-dealkylation sites (tertiary alicyclic amines) is 1. The molecule has 0 bridgehead atoms. The molecule has 3 heteroatoms. The van der Waals surface area contributed by atoms with Gasteiger partial charge in [-0.25, -0.2) is 0 Å². The smallest absolute Gasteiger partial charge is 0.224 e. The highest BCUT2D eigenvalue weighted by molar-refractivity contribution is 5.79. The predicted molar refractivity (Wildman–Crippen MR) is 60.6 cm³/mol. The Hall–Kier alpha value is -0.570. The summed E-state index contributed by atoms with van der Waals surface area (Å²) in [5.41, 5.74) is 0. The number of piperidine rings is 1. The minimum absolute atomic E-state index is 0.240. The van der Waals surface area contributed by atoms with Crippen molar-refractivity contribution in [3.05, 3.63) is 0 Å². The lowest BCUT2D eigenvalue weighted by atomic mass is 9.97. The molecule has 2 fully saturated rings. The average molecular weight is 210 g/mol. The van der Waals surface area contributed by atoms with Crippen molar-refractivity contribution in [3.63, 3.8) is 0 Å². The van der Waals surface area contributed by atoms with Gasteiger partial charge in [0.25, 0.3) is 0 Å². The number of carbonyl (C=O) groups is 1. The monoisotopic (exact) mass is 210 g/mol. The average Bonchev–Trinajstić information content (AvgIpc) is 2.70.